The number of hydrogen-bond acceptors (Lipinski definition) is 4. The van der Waals surface area contributed by atoms with Gasteiger partial charge in [0.2, 0.25) is 10.0 Å². The molecule has 0 saturated carbocycles. The Morgan fingerprint density at radius 3 is 2.42 bits per heavy atom. The first-order valence-corrected chi connectivity index (χ1v) is 8.05. The van der Waals surface area contributed by atoms with Crippen LogP contribution in [0.3, 0.4) is 0 Å². The Morgan fingerprint density at radius 2 is 2.00 bits per heavy atom. The van der Waals surface area contributed by atoms with Crippen molar-refractivity contribution in [3.8, 4) is 0 Å². The fourth-order valence-electron chi connectivity index (χ4n) is 1.56. The van der Waals surface area contributed by atoms with Crippen molar-refractivity contribution in [1.29, 1.82) is 0 Å². The van der Waals surface area contributed by atoms with E-state index >= 15 is 0 Å². The molecule has 19 heavy (non-hydrogen) atoms. The minimum absolute atomic E-state index is 0.129. The molecule has 1 aromatic rings. The summed E-state index contributed by atoms with van der Waals surface area (Å²) in [5.41, 5.74) is 5.59. The zero-order valence-electron chi connectivity index (χ0n) is 12.0. The van der Waals surface area contributed by atoms with Gasteiger partial charge in [-0.15, -0.1) is 0 Å². The SMILES string of the molecule is CCC(N)(CC)CNS(=O)(=O)c1cnn(C(C)C)c1. The lowest BCUT2D eigenvalue weighted by molar-refractivity contribution is 0.391. The smallest absolute Gasteiger partial charge is 0.243 e. The van der Waals surface area contributed by atoms with E-state index in [0.717, 1.165) is 12.8 Å². The topological polar surface area (TPSA) is 90.0 Å². The van der Waals surface area contributed by atoms with E-state index in [1.54, 1.807) is 4.68 Å². The highest BCUT2D eigenvalue weighted by Crippen LogP contribution is 2.14. The Balaban J connectivity index is 2.81. The lowest BCUT2D eigenvalue weighted by atomic mass is 9.95. The highest BCUT2D eigenvalue weighted by Gasteiger charge is 2.24. The van der Waals surface area contributed by atoms with Crippen LogP contribution in [-0.2, 0) is 10.0 Å². The second kappa shape index (κ2) is 6.02. The molecule has 0 atom stereocenters. The summed E-state index contributed by atoms with van der Waals surface area (Å²) in [6, 6.07) is 0.129. The molecule has 110 valence electrons. The van der Waals surface area contributed by atoms with Gasteiger partial charge in [-0.05, 0) is 26.7 Å². The first kappa shape index (κ1) is 16.1. The maximum absolute atomic E-state index is 12.1. The Kier molecular flexibility index (Phi) is 5.11. The van der Waals surface area contributed by atoms with Crippen LogP contribution >= 0.6 is 0 Å². The highest BCUT2D eigenvalue weighted by molar-refractivity contribution is 7.89. The van der Waals surface area contributed by atoms with Gasteiger partial charge >= 0.3 is 0 Å². The monoisotopic (exact) mass is 288 g/mol. The third kappa shape index (κ3) is 4.02. The van der Waals surface area contributed by atoms with Crippen LogP contribution in [0.1, 0.15) is 46.6 Å². The number of rotatable bonds is 7. The molecule has 6 nitrogen and oxygen atoms in total. The van der Waals surface area contributed by atoms with Crippen molar-refractivity contribution >= 4 is 10.0 Å². The third-order valence-electron chi connectivity index (χ3n) is 3.44. The molecule has 1 rings (SSSR count). The summed E-state index contributed by atoms with van der Waals surface area (Å²) in [4.78, 5) is 0.177. The number of nitrogens with zero attached hydrogens (tertiary/aromatic N) is 2. The molecule has 0 fully saturated rings. The van der Waals surface area contributed by atoms with E-state index in [1.165, 1.54) is 12.4 Å². The van der Waals surface area contributed by atoms with E-state index in [1.807, 2.05) is 27.7 Å². The Morgan fingerprint density at radius 1 is 1.42 bits per heavy atom. The zero-order chi connectivity index (χ0) is 14.7. The molecule has 0 aromatic carbocycles. The summed E-state index contributed by atoms with van der Waals surface area (Å²) in [5, 5.41) is 4.03. The molecule has 0 radical (unpaired) electrons. The molecular weight excluding hydrogens is 264 g/mol. The van der Waals surface area contributed by atoms with Gasteiger partial charge in [-0.1, -0.05) is 13.8 Å². The van der Waals surface area contributed by atoms with E-state index in [9.17, 15) is 8.42 Å². The zero-order valence-corrected chi connectivity index (χ0v) is 12.9. The molecule has 0 aliphatic carbocycles. The summed E-state index contributed by atoms with van der Waals surface area (Å²) < 4.78 is 28.4. The lowest BCUT2D eigenvalue weighted by Gasteiger charge is -2.26. The fourth-order valence-corrected chi connectivity index (χ4v) is 2.64. The molecule has 1 aromatic heterocycles. The van der Waals surface area contributed by atoms with Gasteiger partial charge in [0.1, 0.15) is 4.90 Å². The van der Waals surface area contributed by atoms with Crippen molar-refractivity contribution in [2.75, 3.05) is 6.54 Å². The van der Waals surface area contributed by atoms with E-state index in [-0.39, 0.29) is 17.5 Å². The van der Waals surface area contributed by atoms with Gasteiger partial charge in [-0.2, -0.15) is 5.10 Å². The predicted molar refractivity (Wildman–Crippen MR) is 75.3 cm³/mol. The Labute approximate surface area is 115 Å². The predicted octanol–water partition coefficient (Wildman–Crippen LogP) is 1.26. The average molecular weight is 288 g/mol. The lowest BCUT2D eigenvalue weighted by Crippen LogP contribution is -2.49. The average Bonchev–Trinajstić information content (AvgIpc) is 2.86. The molecule has 0 amide bonds. The summed E-state index contributed by atoms with van der Waals surface area (Å²) in [5.74, 6) is 0. The van der Waals surface area contributed by atoms with Gasteiger partial charge in [-0.3, -0.25) is 4.68 Å². The van der Waals surface area contributed by atoms with E-state index in [0.29, 0.717) is 0 Å². The number of nitrogens with two attached hydrogens (primary N) is 1. The Bertz CT molecular complexity index is 504. The van der Waals surface area contributed by atoms with Crippen LogP contribution in [0.25, 0.3) is 0 Å². The molecule has 0 aliphatic rings. The van der Waals surface area contributed by atoms with Crippen LogP contribution in [0.5, 0.6) is 0 Å². The normalized spacial score (nSPS) is 13.2. The quantitative estimate of drug-likeness (QED) is 0.790. The van der Waals surface area contributed by atoms with Crippen LogP contribution in [0.4, 0.5) is 0 Å². The fraction of sp³-hybridized carbons (Fsp3) is 0.750. The van der Waals surface area contributed by atoms with E-state index < -0.39 is 15.6 Å². The van der Waals surface area contributed by atoms with Crippen molar-refractivity contribution in [3.05, 3.63) is 12.4 Å². The minimum atomic E-state index is -3.54. The number of nitrogens with one attached hydrogen (secondary N) is 1. The second-order valence-electron chi connectivity index (χ2n) is 5.14. The molecule has 1 heterocycles. The van der Waals surface area contributed by atoms with Crippen LogP contribution < -0.4 is 10.5 Å². The maximum atomic E-state index is 12.1. The van der Waals surface area contributed by atoms with Crippen LogP contribution in [0.15, 0.2) is 17.3 Å². The van der Waals surface area contributed by atoms with E-state index in [4.69, 9.17) is 5.73 Å². The van der Waals surface area contributed by atoms with Crippen molar-refractivity contribution in [3.63, 3.8) is 0 Å². The van der Waals surface area contributed by atoms with Gasteiger partial charge in [0, 0.05) is 24.3 Å². The molecule has 3 N–H and O–H groups in total. The standard InChI is InChI=1S/C12H24N4O2S/c1-5-12(13,6-2)9-15-19(17,18)11-7-14-16(8-11)10(3)4/h7-8,10,15H,5-6,9,13H2,1-4H3. The third-order valence-corrected chi connectivity index (χ3v) is 4.80. The van der Waals surface area contributed by atoms with Crippen molar-refractivity contribution in [2.45, 2.75) is 57.0 Å². The second-order valence-corrected chi connectivity index (χ2v) is 6.91. The number of aromatic nitrogens is 2. The first-order valence-electron chi connectivity index (χ1n) is 6.57. The molecule has 0 saturated heterocycles. The molecule has 0 spiro atoms. The van der Waals surface area contributed by atoms with Crippen molar-refractivity contribution in [2.24, 2.45) is 5.73 Å². The van der Waals surface area contributed by atoms with Gasteiger partial charge in [0.15, 0.2) is 0 Å². The molecule has 7 heteroatoms. The first-order chi connectivity index (χ1) is 8.74. The molecule has 0 bridgehead atoms. The largest absolute Gasteiger partial charge is 0.324 e. The molecule has 0 unspecified atom stereocenters. The number of sulfonamides is 1. The summed E-state index contributed by atoms with van der Waals surface area (Å²) in [6.07, 6.45) is 4.33. The van der Waals surface area contributed by atoms with Gasteiger partial charge in [-0.25, -0.2) is 13.1 Å². The summed E-state index contributed by atoms with van der Waals surface area (Å²) >= 11 is 0. The van der Waals surface area contributed by atoms with Gasteiger partial charge in [0.05, 0.1) is 6.20 Å². The van der Waals surface area contributed by atoms with Crippen molar-refractivity contribution < 1.29 is 8.42 Å². The van der Waals surface area contributed by atoms with E-state index in [2.05, 4.69) is 9.82 Å². The summed E-state index contributed by atoms with van der Waals surface area (Å²) in [7, 11) is -3.54. The maximum Gasteiger partial charge on any atom is 0.243 e. The number of hydrogen-bond donors (Lipinski definition) is 2. The van der Waals surface area contributed by atoms with Crippen LogP contribution in [-0.4, -0.2) is 30.3 Å². The summed E-state index contributed by atoms with van der Waals surface area (Å²) in [6.45, 7) is 8.02. The molecule has 0 aliphatic heterocycles. The Hall–Kier alpha value is -0.920. The van der Waals surface area contributed by atoms with Gasteiger partial charge in [0.25, 0.3) is 0 Å². The van der Waals surface area contributed by atoms with Crippen LogP contribution in [0, 0.1) is 0 Å². The molecular formula is C12H24N4O2S. The minimum Gasteiger partial charge on any atom is -0.324 e. The highest BCUT2D eigenvalue weighted by atomic mass is 32.2. The van der Waals surface area contributed by atoms with Crippen molar-refractivity contribution in [1.82, 2.24) is 14.5 Å². The van der Waals surface area contributed by atoms with Gasteiger partial charge < -0.3 is 5.73 Å². The van der Waals surface area contributed by atoms with Crippen LogP contribution in [0.2, 0.25) is 0 Å².